The standard InChI is InChI=1S/C28H30N4OS/c1-3-21(2)24-14-16-25(17-15-24)29-27(33)20-34-28-31-30-26(18-22-10-6-4-7-11-22)32(28)19-23-12-8-5-9-13-23/h4-17,21H,3,18-20H2,1-2H3,(H,29,33)/t21-/m1/s1. The topological polar surface area (TPSA) is 59.8 Å². The molecule has 0 aliphatic carbocycles. The zero-order valence-corrected chi connectivity index (χ0v) is 20.5. The molecule has 0 spiro atoms. The highest BCUT2D eigenvalue weighted by Gasteiger charge is 2.15. The van der Waals surface area contributed by atoms with Crippen LogP contribution < -0.4 is 5.32 Å². The average molecular weight is 471 g/mol. The molecule has 1 aromatic heterocycles. The van der Waals surface area contributed by atoms with Crippen LogP contribution in [0, 0.1) is 0 Å². The monoisotopic (exact) mass is 470 g/mol. The fourth-order valence-electron chi connectivity index (χ4n) is 3.72. The first-order valence-corrected chi connectivity index (χ1v) is 12.6. The highest BCUT2D eigenvalue weighted by atomic mass is 32.2. The van der Waals surface area contributed by atoms with Crippen LogP contribution >= 0.6 is 11.8 Å². The molecule has 0 bridgehead atoms. The molecule has 0 aliphatic heterocycles. The van der Waals surface area contributed by atoms with Gasteiger partial charge in [-0.05, 0) is 41.2 Å². The Bertz CT molecular complexity index is 1190. The molecule has 1 N–H and O–H groups in total. The minimum atomic E-state index is -0.0554. The Labute approximate surface area is 205 Å². The first-order chi connectivity index (χ1) is 16.6. The van der Waals surface area contributed by atoms with Crippen molar-refractivity contribution >= 4 is 23.4 Å². The Hall–Kier alpha value is -3.38. The van der Waals surface area contributed by atoms with Crippen molar-refractivity contribution < 1.29 is 4.79 Å². The lowest BCUT2D eigenvalue weighted by molar-refractivity contribution is -0.113. The summed E-state index contributed by atoms with van der Waals surface area (Å²) >= 11 is 1.41. The zero-order valence-electron chi connectivity index (χ0n) is 19.6. The van der Waals surface area contributed by atoms with E-state index in [4.69, 9.17) is 0 Å². The molecule has 34 heavy (non-hydrogen) atoms. The molecule has 0 aliphatic rings. The normalized spacial score (nSPS) is 11.8. The fourth-order valence-corrected chi connectivity index (χ4v) is 4.47. The minimum absolute atomic E-state index is 0.0554. The summed E-state index contributed by atoms with van der Waals surface area (Å²) < 4.78 is 2.11. The van der Waals surface area contributed by atoms with E-state index in [-0.39, 0.29) is 11.7 Å². The summed E-state index contributed by atoms with van der Waals surface area (Å²) in [7, 11) is 0. The lowest BCUT2D eigenvalue weighted by atomic mass is 9.99. The van der Waals surface area contributed by atoms with E-state index in [0.29, 0.717) is 18.9 Å². The number of benzene rings is 3. The third kappa shape index (κ3) is 6.35. The molecule has 6 heteroatoms. The SMILES string of the molecule is CC[C@@H](C)c1ccc(NC(=O)CSc2nnc(Cc3ccccc3)n2Cc2ccccc2)cc1. The summed E-state index contributed by atoms with van der Waals surface area (Å²) in [5.74, 6) is 1.62. The molecule has 1 atom stereocenters. The van der Waals surface area contributed by atoms with Crippen molar-refractivity contribution in [2.24, 2.45) is 0 Å². The maximum absolute atomic E-state index is 12.6. The van der Waals surface area contributed by atoms with Gasteiger partial charge in [0.2, 0.25) is 5.91 Å². The van der Waals surface area contributed by atoms with E-state index in [9.17, 15) is 4.79 Å². The number of rotatable bonds is 10. The third-order valence-electron chi connectivity index (χ3n) is 5.89. The van der Waals surface area contributed by atoms with Crippen molar-refractivity contribution in [3.8, 4) is 0 Å². The van der Waals surface area contributed by atoms with Crippen LogP contribution in [0.25, 0.3) is 0 Å². The lowest BCUT2D eigenvalue weighted by Crippen LogP contribution is -2.15. The van der Waals surface area contributed by atoms with Crippen LogP contribution in [0.2, 0.25) is 0 Å². The average Bonchev–Trinajstić information content (AvgIpc) is 3.24. The number of nitrogens with one attached hydrogen (secondary N) is 1. The van der Waals surface area contributed by atoms with Crippen molar-refractivity contribution in [1.82, 2.24) is 14.8 Å². The Balaban J connectivity index is 1.44. The molecular weight excluding hydrogens is 440 g/mol. The fraction of sp³-hybridized carbons (Fsp3) is 0.250. The molecule has 0 fully saturated rings. The predicted octanol–water partition coefficient (Wildman–Crippen LogP) is 6.16. The van der Waals surface area contributed by atoms with E-state index in [1.54, 1.807) is 0 Å². The summed E-state index contributed by atoms with van der Waals surface area (Å²) in [4.78, 5) is 12.6. The van der Waals surface area contributed by atoms with Gasteiger partial charge in [0.15, 0.2) is 5.16 Å². The quantitative estimate of drug-likeness (QED) is 0.282. The third-order valence-corrected chi connectivity index (χ3v) is 6.86. The van der Waals surface area contributed by atoms with Gasteiger partial charge in [-0.1, -0.05) is 98.4 Å². The van der Waals surface area contributed by atoms with E-state index in [1.807, 2.05) is 48.5 Å². The molecule has 3 aromatic carbocycles. The smallest absolute Gasteiger partial charge is 0.234 e. The Morgan fingerprint density at radius 3 is 2.21 bits per heavy atom. The molecule has 1 heterocycles. The van der Waals surface area contributed by atoms with E-state index in [1.165, 1.54) is 28.5 Å². The number of hydrogen-bond acceptors (Lipinski definition) is 4. The Morgan fingerprint density at radius 1 is 0.912 bits per heavy atom. The summed E-state index contributed by atoms with van der Waals surface area (Å²) in [6.45, 7) is 5.05. The number of hydrogen-bond donors (Lipinski definition) is 1. The maximum Gasteiger partial charge on any atom is 0.234 e. The second kappa shape index (κ2) is 11.7. The van der Waals surface area contributed by atoms with Gasteiger partial charge in [-0.2, -0.15) is 0 Å². The van der Waals surface area contributed by atoms with Crippen molar-refractivity contribution in [1.29, 1.82) is 0 Å². The highest BCUT2D eigenvalue weighted by Crippen LogP contribution is 2.23. The number of carbonyl (C=O) groups is 1. The predicted molar refractivity (Wildman–Crippen MR) is 139 cm³/mol. The van der Waals surface area contributed by atoms with Crippen molar-refractivity contribution in [2.75, 3.05) is 11.1 Å². The largest absolute Gasteiger partial charge is 0.325 e. The van der Waals surface area contributed by atoms with E-state index < -0.39 is 0 Å². The number of amides is 1. The molecule has 0 saturated carbocycles. The maximum atomic E-state index is 12.6. The van der Waals surface area contributed by atoms with Crippen LogP contribution in [0.3, 0.4) is 0 Å². The summed E-state index contributed by atoms with van der Waals surface area (Å²) in [6.07, 6.45) is 1.79. The Kier molecular flexibility index (Phi) is 8.15. The van der Waals surface area contributed by atoms with Crippen LogP contribution in [0.5, 0.6) is 0 Å². The van der Waals surface area contributed by atoms with Crippen LogP contribution in [-0.2, 0) is 17.8 Å². The number of thioether (sulfide) groups is 1. The van der Waals surface area contributed by atoms with Gasteiger partial charge in [-0.15, -0.1) is 10.2 Å². The first kappa shape index (κ1) is 23.8. The van der Waals surface area contributed by atoms with Crippen molar-refractivity contribution in [2.45, 2.75) is 44.3 Å². The molecule has 0 saturated heterocycles. The second-order valence-corrected chi connectivity index (χ2v) is 9.34. The summed E-state index contributed by atoms with van der Waals surface area (Å²) in [5, 5.41) is 12.6. The molecule has 4 aromatic rings. The summed E-state index contributed by atoms with van der Waals surface area (Å²) in [6, 6.07) is 28.6. The second-order valence-electron chi connectivity index (χ2n) is 8.40. The van der Waals surface area contributed by atoms with E-state index in [0.717, 1.165) is 23.1 Å². The van der Waals surface area contributed by atoms with Gasteiger partial charge in [-0.25, -0.2) is 0 Å². The zero-order chi connectivity index (χ0) is 23.8. The van der Waals surface area contributed by atoms with Gasteiger partial charge in [0, 0.05) is 12.1 Å². The minimum Gasteiger partial charge on any atom is -0.325 e. The van der Waals surface area contributed by atoms with Crippen LogP contribution in [0.15, 0.2) is 90.1 Å². The van der Waals surface area contributed by atoms with Gasteiger partial charge in [0.1, 0.15) is 5.82 Å². The molecule has 0 unspecified atom stereocenters. The lowest BCUT2D eigenvalue weighted by Gasteiger charge is -2.12. The van der Waals surface area contributed by atoms with Crippen molar-refractivity contribution in [3.05, 3.63) is 107 Å². The van der Waals surface area contributed by atoms with Crippen molar-refractivity contribution in [3.63, 3.8) is 0 Å². The Morgan fingerprint density at radius 2 is 1.56 bits per heavy atom. The van der Waals surface area contributed by atoms with E-state index in [2.05, 4.69) is 70.3 Å². The van der Waals surface area contributed by atoms with Gasteiger partial charge >= 0.3 is 0 Å². The number of nitrogens with zero attached hydrogens (tertiary/aromatic N) is 3. The van der Waals surface area contributed by atoms with Gasteiger partial charge < -0.3 is 9.88 Å². The highest BCUT2D eigenvalue weighted by molar-refractivity contribution is 7.99. The van der Waals surface area contributed by atoms with Gasteiger partial charge in [0.25, 0.3) is 0 Å². The number of aromatic nitrogens is 3. The molecule has 174 valence electrons. The van der Waals surface area contributed by atoms with E-state index >= 15 is 0 Å². The molecule has 1 amide bonds. The number of carbonyl (C=O) groups excluding carboxylic acids is 1. The molecule has 5 nitrogen and oxygen atoms in total. The van der Waals surface area contributed by atoms with Crippen LogP contribution in [0.4, 0.5) is 5.69 Å². The number of anilines is 1. The molecular formula is C28H30N4OS. The van der Waals surface area contributed by atoms with Gasteiger partial charge in [-0.3, -0.25) is 4.79 Å². The van der Waals surface area contributed by atoms with Crippen LogP contribution in [-0.4, -0.2) is 26.4 Å². The van der Waals surface area contributed by atoms with Crippen LogP contribution in [0.1, 0.15) is 48.7 Å². The molecule has 0 radical (unpaired) electrons. The molecule has 4 rings (SSSR count). The van der Waals surface area contributed by atoms with Gasteiger partial charge in [0.05, 0.1) is 12.3 Å². The summed E-state index contributed by atoms with van der Waals surface area (Å²) in [5.41, 5.74) is 4.45. The first-order valence-electron chi connectivity index (χ1n) is 11.6.